The lowest BCUT2D eigenvalue weighted by molar-refractivity contribution is -0.120. The molecule has 1 amide bonds. The Kier molecular flexibility index (Phi) is 5.85. The van der Waals surface area contributed by atoms with Gasteiger partial charge in [-0.1, -0.05) is 43.7 Å². The van der Waals surface area contributed by atoms with Gasteiger partial charge in [-0.2, -0.15) is 4.68 Å². The van der Waals surface area contributed by atoms with Crippen LogP contribution in [0.3, 0.4) is 0 Å². The van der Waals surface area contributed by atoms with Crippen molar-refractivity contribution in [3.8, 4) is 5.69 Å². The highest BCUT2D eigenvalue weighted by atomic mass is 32.2. The predicted molar refractivity (Wildman–Crippen MR) is 94.3 cm³/mol. The minimum atomic E-state index is -0.124. The Bertz CT molecular complexity index is 670. The monoisotopic (exact) mass is 345 g/mol. The Labute approximate surface area is 146 Å². The van der Waals surface area contributed by atoms with E-state index in [1.165, 1.54) is 30.2 Å². The first-order valence-corrected chi connectivity index (χ1v) is 9.48. The average Bonchev–Trinajstić information content (AvgIpc) is 2.97. The molecule has 3 rings (SSSR count). The van der Waals surface area contributed by atoms with E-state index in [2.05, 4.69) is 39.9 Å². The topological polar surface area (TPSA) is 72.7 Å². The van der Waals surface area contributed by atoms with Gasteiger partial charge in [0.2, 0.25) is 11.1 Å². The second-order valence-corrected chi connectivity index (χ2v) is 7.21. The van der Waals surface area contributed by atoms with Crippen molar-refractivity contribution in [1.82, 2.24) is 25.5 Å². The number of unbranched alkanes of at least 4 members (excludes halogenated alkanes) is 1. The second-order valence-electron chi connectivity index (χ2n) is 6.04. The van der Waals surface area contributed by atoms with Gasteiger partial charge in [0.05, 0.1) is 10.9 Å². The SMILES string of the molecule is CCCCc1ccc(-n2nnnc2S[C@@H]2CCCCNC2=O)cc1. The number of amides is 1. The van der Waals surface area contributed by atoms with Crippen LogP contribution in [-0.2, 0) is 11.2 Å². The number of hydrogen-bond acceptors (Lipinski definition) is 5. The maximum absolute atomic E-state index is 12.1. The largest absolute Gasteiger partial charge is 0.355 e. The molecule has 128 valence electrons. The zero-order chi connectivity index (χ0) is 16.8. The van der Waals surface area contributed by atoms with Crippen molar-refractivity contribution in [3.63, 3.8) is 0 Å². The zero-order valence-electron chi connectivity index (χ0n) is 13.9. The van der Waals surface area contributed by atoms with Crippen molar-refractivity contribution >= 4 is 17.7 Å². The summed E-state index contributed by atoms with van der Waals surface area (Å²) in [7, 11) is 0. The number of hydrogen-bond donors (Lipinski definition) is 1. The molecule has 6 nitrogen and oxygen atoms in total. The summed E-state index contributed by atoms with van der Waals surface area (Å²) in [5.74, 6) is 0.0852. The molecule has 1 aliphatic rings. The molecule has 0 spiro atoms. The van der Waals surface area contributed by atoms with Crippen LogP contribution in [0.1, 0.15) is 44.6 Å². The molecule has 2 heterocycles. The molecule has 1 aromatic heterocycles. The maximum Gasteiger partial charge on any atom is 0.233 e. The molecule has 1 aliphatic heterocycles. The van der Waals surface area contributed by atoms with Crippen LogP contribution in [0.25, 0.3) is 5.69 Å². The fourth-order valence-electron chi connectivity index (χ4n) is 2.75. The highest BCUT2D eigenvalue weighted by Crippen LogP contribution is 2.27. The molecule has 0 unspecified atom stereocenters. The van der Waals surface area contributed by atoms with Gasteiger partial charge in [0.15, 0.2) is 0 Å². The molecule has 1 saturated heterocycles. The van der Waals surface area contributed by atoms with Crippen molar-refractivity contribution in [2.75, 3.05) is 6.54 Å². The summed E-state index contributed by atoms with van der Waals surface area (Å²) in [6.45, 7) is 2.96. The summed E-state index contributed by atoms with van der Waals surface area (Å²) >= 11 is 1.45. The number of carbonyl (C=O) groups is 1. The lowest BCUT2D eigenvalue weighted by Gasteiger charge is -2.12. The summed E-state index contributed by atoms with van der Waals surface area (Å²) in [5, 5.41) is 15.5. The Morgan fingerprint density at radius 1 is 1.29 bits per heavy atom. The van der Waals surface area contributed by atoms with Crippen LogP contribution in [-0.4, -0.2) is 37.9 Å². The van der Waals surface area contributed by atoms with Crippen molar-refractivity contribution in [1.29, 1.82) is 0 Å². The molecular weight excluding hydrogens is 322 g/mol. The molecule has 1 fully saturated rings. The van der Waals surface area contributed by atoms with Crippen LogP contribution in [0.4, 0.5) is 0 Å². The number of nitrogens with zero attached hydrogens (tertiary/aromatic N) is 4. The average molecular weight is 345 g/mol. The lowest BCUT2D eigenvalue weighted by Crippen LogP contribution is -2.30. The van der Waals surface area contributed by atoms with Gasteiger partial charge in [-0.15, -0.1) is 5.10 Å². The van der Waals surface area contributed by atoms with Crippen LogP contribution in [0, 0.1) is 0 Å². The molecule has 2 aromatic rings. The van der Waals surface area contributed by atoms with Crippen molar-refractivity contribution in [2.24, 2.45) is 0 Å². The van der Waals surface area contributed by atoms with E-state index in [1.807, 2.05) is 12.1 Å². The smallest absolute Gasteiger partial charge is 0.233 e. The van der Waals surface area contributed by atoms with Gasteiger partial charge in [0, 0.05) is 6.54 Å². The molecular formula is C17H23N5OS. The molecule has 0 aliphatic carbocycles. The number of aromatic nitrogens is 4. The molecule has 7 heteroatoms. The molecule has 0 bridgehead atoms. The quantitative estimate of drug-likeness (QED) is 0.871. The highest BCUT2D eigenvalue weighted by Gasteiger charge is 2.24. The third-order valence-corrected chi connectivity index (χ3v) is 5.37. The van der Waals surface area contributed by atoms with Crippen molar-refractivity contribution in [3.05, 3.63) is 29.8 Å². The van der Waals surface area contributed by atoms with Gasteiger partial charge in [-0.3, -0.25) is 4.79 Å². The first kappa shape index (κ1) is 17.0. The molecule has 0 radical (unpaired) electrons. The van der Waals surface area contributed by atoms with E-state index in [9.17, 15) is 4.79 Å². The number of tetrazole rings is 1. The van der Waals surface area contributed by atoms with E-state index in [-0.39, 0.29) is 11.2 Å². The van der Waals surface area contributed by atoms with Crippen molar-refractivity contribution < 1.29 is 4.79 Å². The summed E-state index contributed by atoms with van der Waals surface area (Å²) < 4.78 is 1.71. The van der Waals surface area contributed by atoms with Gasteiger partial charge in [0.25, 0.3) is 0 Å². The number of benzene rings is 1. The molecule has 0 saturated carbocycles. The van der Waals surface area contributed by atoms with E-state index >= 15 is 0 Å². The summed E-state index contributed by atoms with van der Waals surface area (Å²) in [5.41, 5.74) is 2.25. The molecule has 1 N–H and O–H groups in total. The van der Waals surface area contributed by atoms with Crippen LogP contribution in [0.15, 0.2) is 29.4 Å². The van der Waals surface area contributed by atoms with Gasteiger partial charge in [-0.25, -0.2) is 0 Å². The Balaban J connectivity index is 1.73. The fourth-order valence-corrected chi connectivity index (χ4v) is 3.80. The number of rotatable bonds is 6. The highest BCUT2D eigenvalue weighted by molar-refractivity contribution is 8.00. The van der Waals surface area contributed by atoms with Gasteiger partial charge >= 0.3 is 0 Å². The van der Waals surface area contributed by atoms with Crippen LogP contribution < -0.4 is 5.32 Å². The number of carbonyl (C=O) groups excluding carboxylic acids is 1. The lowest BCUT2D eigenvalue weighted by atomic mass is 10.1. The van der Waals surface area contributed by atoms with E-state index in [1.54, 1.807) is 4.68 Å². The summed E-state index contributed by atoms with van der Waals surface area (Å²) in [6.07, 6.45) is 6.42. The Morgan fingerprint density at radius 3 is 2.92 bits per heavy atom. The zero-order valence-corrected chi connectivity index (χ0v) is 14.8. The number of thioether (sulfide) groups is 1. The minimum Gasteiger partial charge on any atom is -0.355 e. The van der Waals surface area contributed by atoms with Gasteiger partial charge in [0.1, 0.15) is 0 Å². The first-order chi connectivity index (χ1) is 11.8. The molecule has 1 atom stereocenters. The van der Waals surface area contributed by atoms with E-state index in [0.29, 0.717) is 5.16 Å². The fraction of sp³-hybridized carbons (Fsp3) is 0.529. The predicted octanol–water partition coefficient (Wildman–Crippen LogP) is 2.77. The molecule has 1 aromatic carbocycles. The summed E-state index contributed by atoms with van der Waals surface area (Å²) in [6, 6.07) is 8.33. The van der Waals surface area contributed by atoms with Gasteiger partial charge < -0.3 is 5.32 Å². The maximum atomic E-state index is 12.1. The van der Waals surface area contributed by atoms with Crippen LogP contribution >= 0.6 is 11.8 Å². The Morgan fingerprint density at radius 2 is 2.12 bits per heavy atom. The second kappa shape index (κ2) is 8.28. The number of nitrogens with one attached hydrogen (secondary N) is 1. The van der Waals surface area contributed by atoms with E-state index < -0.39 is 0 Å². The molecule has 24 heavy (non-hydrogen) atoms. The normalized spacial score (nSPS) is 18.2. The van der Waals surface area contributed by atoms with E-state index in [0.717, 1.165) is 37.9 Å². The standard InChI is InChI=1S/C17H23N5OS/c1-2-3-6-13-8-10-14(11-9-13)22-17(19-20-21-22)24-15-7-4-5-12-18-16(15)23/h8-11,15H,2-7,12H2,1H3,(H,18,23)/t15-/m1/s1. The van der Waals surface area contributed by atoms with Crippen LogP contribution in [0.5, 0.6) is 0 Å². The first-order valence-electron chi connectivity index (χ1n) is 8.60. The third-order valence-electron chi connectivity index (χ3n) is 4.17. The third kappa shape index (κ3) is 4.14. The minimum absolute atomic E-state index is 0.0852. The van der Waals surface area contributed by atoms with Crippen molar-refractivity contribution in [2.45, 2.75) is 55.9 Å². The van der Waals surface area contributed by atoms with Gasteiger partial charge in [-0.05, 0) is 53.8 Å². The van der Waals surface area contributed by atoms with E-state index in [4.69, 9.17) is 0 Å². The van der Waals surface area contributed by atoms with Crippen LogP contribution in [0.2, 0.25) is 0 Å². The summed E-state index contributed by atoms with van der Waals surface area (Å²) in [4.78, 5) is 12.1. The Hall–Kier alpha value is -1.89. The number of aryl methyl sites for hydroxylation is 1.